The van der Waals surface area contributed by atoms with E-state index in [1.807, 2.05) is 38.2 Å². The number of hydrogen-bond donors (Lipinski definition) is 0. The predicted molar refractivity (Wildman–Crippen MR) is 95.5 cm³/mol. The minimum Gasteiger partial charge on any atom is -0.464 e. The summed E-state index contributed by atoms with van der Waals surface area (Å²) in [5.41, 5.74) is 0.382. The Hall–Kier alpha value is -2.34. The maximum Gasteiger partial charge on any atom is 0.326 e. The second-order valence-electron chi connectivity index (χ2n) is 5.56. The number of ether oxygens (including phenoxy) is 1. The van der Waals surface area contributed by atoms with E-state index in [4.69, 9.17) is 4.74 Å². The average molecular weight is 313 g/mol. The van der Waals surface area contributed by atoms with E-state index in [1.165, 1.54) is 0 Å². The molecule has 124 valence electrons. The molecule has 0 N–H and O–H groups in total. The van der Waals surface area contributed by atoms with Crippen molar-refractivity contribution in [2.24, 2.45) is 11.3 Å². The highest BCUT2D eigenvalue weighted by molar-refractivity contribution is 5.79. The van der Waals surface area contributed by atoms with Gasteiger partial charge in [-0.15, -0.1) is 6.58 Å². The summed E-state index contributed by atoms with van der Waals surface area (Å²) < 4.78 is 5.19. The maximum absolute atomic E-state index is 12.3. The molecule has 0 fully saturated rings. The molecule has 0 bridgehead atoms. The highest BCUT2D eigenvalue weighted by Gasteiger charge is 2.38. The molecule has 0 amide bonds. The van der Waals surface area contributed by atoms with Gasteiger partial charge in [0.15, 0.2) is 5.41 Å². The number of rotatable bonds is 10. The topological polar surface area (TPSA) is 50.1 Å². The van der Waals surface area contributed by atoms with Gasteiger partial charge in [0, 0.05) is 5.92 Å². The molecule has 1 atom stereocenters. The number of hydrogen-bond acceptors (Lipinski definition) is 3. The Morgan fingerprint density at radius 3 is 2.17 bits per heavy atom. The van der Waals surface area contributed by atoms with Gasteiger partial charge in [-0.3, -0.25) is 4.79 Å². The molecule has 1 unspecified atom stereocenters. The highest BCUT2D eigenvalue weighted by atomic mass is 16.5. The quantitative estimate of drug-likeness (QED) is 0.249. The second-order valence-corrected chi connectivity index (χ2v) is 5.56. The number of carbonyl (C=O) groups excluding carboxylic acids is 1. The lowest BCUT2D eigenvalue weighted by Crippen LogP contribution is -2.31. The molecule has 0 saturated carbocycles. The van der Waals surface area contributed by atoms with Crippen LogP contribution >= 0.6 is 0 Å². The first-order valence-electron chi connectivity index (χ1n) is 7.68. The van der Waals surface area contributed by atoms with E-state index in [0.29, 0.717) is 6.42 Å². The summed E-state index contributed by atoms with van der Waals surface area (Å²) in [7, 11) is 0. The van der Waals surface area contributed by atoms with Gasteiger partial charge in [-0.2, -0.15) is 5.26 Å². The number of carbonyl (C=O) groups is 1. The number of nitrogens with zero attached hydrogens (tertiary/aromatic N) is 1. The van der Waals surface area contributed by atoms with Crippen molar-refractivity contribution in [2.45, 2.75) is 33.6 Å². The monoisotopic (exact) mass is 313 g/mol. The van der Waals surface area contributed by atoms with Crippen molar-refractivity contribution in [3.8, 4) is 6.07 Å². The van der Waals surface area contributed by atoms with Crippen LogP contribution in [0.15, 0.2) is 61.3 Å². The van der Waals surface area contributed by atoms with E-state index in [9.17, 15) is 10.1 Å². The van der Waals surface area contributed by atoms with Crippen LogP contribution in [0.2, 0.25) is 0 Å². The van der Waals surface area contributed by atoms with Crippen LogP contribution in [-0.4, -0.2) is 12.6 Å². The van der Waals surface area contributed by atoms with Crippen molar-refractivity contribution < 1.29 is 9.53 Å². The van der Waals surface area contributed by atoms with Gasteiger partial charge in [-0.05, 0) is 44.8 Å². The lowest BCUT2D eigenvalue weighted by molar-refractivity contribution is -0.152. The normalized spacial score (nSPS) is 14.9. The Kier molecular flexibility index (Phi) is 9.34. The van der Waals surface area contributed by atoms with Crippen molar-refractivity contribution in [3.63, 3.8) is 0 Å². The molecule has 3 nitrogen and oxygen atoms in total. The van der Waals surface area contributed by atoms with E-state index in [1.54, 1.807) is 13.0 Å². The molecular formula is C20H27NO2. The third kappa shape index (κ3) is 6.52. The Bertz CT molecular complexity index is 524. The molecule has 0 aromatic carbocycles. The molecule has 23 heavy (non-hydrogen) atoms. The van der Waals surface area contributed by atoms with E-state index >= 15 is 0 Å². The van der Waals surface area contributed by atoms with Crippen molar-refractivity contribution in [1.29, 1.82) is 5.26 Å². The van der Waals surface area contributed by atoms with Crippen LogP contribution in [0.1, 0.15) is 33.6 Å². The minimum atomic E-state index is -1.25. The van der Waals surface area contributed by atoms with Crippen molar-refractivity contribution in [2.75, 3.05) is 6.61 Å². The van der Waals surface area contributed by atoms with Gasteiger partial charge in [0.1, 0.15) is 0 Å². The van der Waals surface area contributed by atoms with Gasteiger partial charge >= 0.3 is 5.97 Å². The first-order chi connectivity index (χ1) is 10.9. The first-order valence-corrected chi connectivity index (χ1v) is 7.68. The second kappa shape index (κ2) is 10.4. The van der Waals surface area contributed by atoms with Crippen molar-refractivity contribution in [3.05, 3.63) is 61.3 Å². The molecular weight excluding hydrogens is 286 g/mol. The van der Waals surface area contributed by atoms with E-state index in [2.05, 4.69) is 25.8 Å². The molecule has 0 saturated heterocycles. The third-order valence-corrected chi connectivity index (χ3v) is 3.52. The van der Waals surface area contributed by atoms with Crippen LogP contribution < -0.4 is 0 Å². The van der Waals surface area contributed by atoms with E-state index in [-0.39, 0.29) is 18.9 Å². The molecule has 0 aromatic heterocycles. The lowest BCUT2D eigenvalue weighted by Gasteiger charge is -2.27. The van der Waals surface area contributed by atoms with Gasteiger partial charge in [0.25, 0.3) is 0 Å². The van der Waals surface area contributed by atoms with Gasteiger partial charge < -0.3 is 4.74 Å². The zero-order chi connectivity index (χ0) is 17.9. The van der Waals surface area contributed by atoms with Crippen molar-refractivity contribution in [1.82, 2.24) is 0 Å². The van der Waals surface area contributed by atoms with Crippen LogP contribution in [0.3, 0.4) is 0 Å². The zero-order valence-electron chi connectivity index (χ0n) is 14.5. The van der Waals surface area contributed by atoms with Gasteiger partial charge in [0.05, 0.1) is 12.7 Å². The summed E-state index contributed by atoms with van der Waals surface area (Å²) in [6.07, 6.45) is 10.0. The Morgan fingerprint density at radius 2 is 1.78 bits per heavy atom. The lowest BCUT2D eigenvalue weighted by atomic mass is 9.76. The van der Waals surface area contributed by atoms with E-state index in [0.717, 1.165) is 11.1 Å². The fourth-order valence-corrected chi connectivity index (χ4v) is 2.14. The first kappa shape index (κ1) is 20.7. The van der Waals surface area contributed by atoms with Gasteiger partial charge in [0.2, 0.25) is 0 Å². The van der Waals surface area contributed by atoms with Gasteiger partial charge in [-0.25, -0.2) is 0 Å². The third-order valence-electron chi connectivity index (χ3n) is 3.52. The fourth-order valence-electron chi connectivity index (χ4n) is 2.14. The van der Waals surface area contributed by atoms with Crippen LogP contribution in [0.5, 0.6) is 0 Å². The maximum atomic E-state index is 12.3. The van der Waals surface area contributed by atoms with Crippen LogP contribution in [-0.2, 0) is 9.53 Å². The molecule has 0 aliphatic heterocycles. The standard InChI is InChI=1S/C20H27NO2/c1-7-10-13-23-19(22)20(6,15-21)14-18(16(4)11-8-2)17(5)12-9-3/h7-9,11-12,18H,1,4-5,10,13-14H2,2-3,6H3. The summed E-state index contributed by atoms with van der Waals surface area (Å²) in [6.45, 7) is 17.3. The van der Waals surface area contributed by atoms with Crippen LogP contribution in [0.4, 0.5) is 0 Å². The minimum absolute atomic E-state index is 0.195. The summed E-state index contributed by atoms with van der Waals surface area (Å²) >= 11 is 0. The summed E-state index contributed by atoms with van der Waals surface area (Å²) in [4.78, 5) is 12.3. The number of nitriles is 1. The smallest absolute Gasteiger partial charge is 0.326 e. The summed E-state index contributed by atoms with van der Waals surface area (Å²) in [6, 6.07) is 2.10. The molecule has 0 aromatic rings. The largest absolute Gasteiger partial charge is 0.464 e. The highest BCUT2D eigenvalue weighted by Crippen LogP contribution is 2.35. The SMILES string of the molecule is C=CCCOC(=O)C(C)(C#N)CC(C(=C)C=CC)C(=C)C=CC. The molecule has 0 aliphatic carbocycles. The summed E-state index contributed by atoms with van der Waals surface area (Å²) in [5, 5.41) is 9.52. The molecule has 0 radical (unpaired) electrons. The number of esters is 1. The molecule has 0 aliphatic rings. The Labute approximate surface area is 140 Å². The van der Waals surface area contributed by atoms with E-state index < -0.39 is 11.4 Å². The molecule has 3 heteroatoms. The fraction of sp³-hybridized carbons (Fsp3) is 0.400. The molecule has 0 rings (SSSR count). The summed E-state index contributed by atoms with van der Waals surface area (Å²) in [5.74, 6) is -0.715. The molecule has 0 heterocycles. The molecule has 0 spiro atoms. The Morgan fingerprint density at radius 1 is 1.26 bits per heavy atom. The Balaban J connectivity index is 5.36. The van der Waals surface area contributed by atoms with Crippen molar-refractivity contribution >= 4 is 5.97 Å². The van der Waals surface area contributed by atoms with Crippen LogP contribution in [0.25, 0.3) is 0 Å². The zero-order valence-corrected chi connectivity index (χ0v) is 14.5. The predicted octanol–water partition coefficient (Wildman–Crippen LogP) is 4.91. The number of allylic oxidation sites excluding steroid dienone is 6. The van der Waals surface area contributed by atoms with Gasteiger partial charge in [-0.1, -0.05) is 43.5 Å². The van der Waals surface area contributed by atoms with Crippen LogP contribution in [0, 0.1) is 22.7 Å². The average Bonchev–Trinajstić information content (AvgIpc) is 2.52.